The molecule has 0 radical (unpaired) electrons. The van der Waals surface area contributed by atoms with Crippen LogP contribution in [0.25, 0.3) is 6.08 Å². The van der Waals surface area contributed by atoms with Crippen LogP contribution in [-0.4, -0.2) is 11.1 Å². The molecule has 1 aromatic heterocycles. The zero-order chi connectivity index (χ0) is 14.5. The fourth-order valence-corrected chi connectivity index (χ4v) is 3.72. The fourth-order valence-electron chi connectivity index (χ4n) is 1.73. The Balaban J connectivity index is 2.05. The van der Waals surface area contributed by atoms with Crippen LogP contribution in [0.3, 0.4) is 0 Å². The third-order valence-corrected chi connectivity index (χ3v) is 5.17. The predicted octanol–water partition coefficient (Wildman–Crippen LogP) is 4.76. The van der Waals surface area contributed by atoms with Gasteiger partial charge < -0.3 is 5.11 Å². The molecule has 0 bridgehead atoms. The maximum atomic E-state index is 10.6. The Kier molecular flexibility index (Phi) is 5.04. The highest BCUT2D eigenvalue weighted by Crippen LogP contribution is 2.29. The van der Waals surface area contributed by atoms with Crippen molar-refractivity contribution >= 4 is 35.1 Å². The average Bonchev–Trinajstić information content (AvgIpc) is 2.85. The number of hydrogen-bond acceptors (Lipinski definition) is 3. The molecule has 1 aromatic carbocycles. The summed E-state index contributed by atoms with van der Waals surface area (Å²) >= 11 is 3.44. The number of benzene rings is 1. The fraction of sp³-hybridized carbons (Fsp3) is 0.188. The van der Waals surface area contributed by atoms with Gasteiger partial charge in [-0.15, -0.1) is 23.1 Å². The molecule has 20 heavy (non-hydrogen) atoms. The van der Waals surface area contributed by atoms with E-state index in [1.165, 1.54) is 27.0 Å². The number of carboxylic acid groups (broad SMARTS) is 1. The van der Waals surface area contributed by atoms with Gasteiger partial charge in [-0.1, -0.05) is 6.07 Å². The number of hydrogen-bond donors (Lipinski definition) is 1. The Morgan fingerprint density at radius 2 is 2.10 bits per heavy atom. The van der Waals surface area contributed by atoms with Crippen molar-refractivity contribution in [1.29, 1.82) is 0 Å². The van der Waals surface area contributed by atoms with Gasteiger partial charge in [-0.05, 0) is 60.2 Å². The predicted molar refractivity (Wildman–Crippen MR) is 86.5 cm³/mol. The molecule has 4 heteroatoms. The van der Waals surface area contributed by atoms with E-state index in [4.69, 9.17) is 5.11 Å². The molecule has 0 aliphatic rings. The van der Waals surface area contributed by atoms with Crippen molar-refractivity contribution in [2.75, 3.05) is 0 Å². The van der Waals surface area contributed by atoms with Gasteiger partial charge in [-0.25, -0.2) is 4.79 Å². The van der Waals surface area contributed by atoms with E-state index in [1.54, 1.807) is 29.2 Å². The minimum Gasteiger partial charge on any atom is -0.478 e. The molecular formula is C16H16O2S2. The van der Waals surface area contributed by atoms with Crippen molar-refractivity contribution in [2.24, 2.45) is 0 Å². The molecule has 0 aliphatic carbocycles. The molecule has 0 saturated heterocycles. The summed E-state index contributed by atoms with van der Waals surface area (Å²) in [6.45, 7) is 4.23. The minimum atomic E-state index is -0.913. The smallest absolute Gasteiger partial charge is 0.328 e. The normalized spacial score (nSPS) is 11.1. The van der Waals surface area contributed by atoms with Crippen LogP contribution in [-0.2, 0) is 10.5 Å². The Morgan fingerprint density at radius 3 is 2.80 bits per heavy atom. The van der Waals surface area contributed by atoms with E-state index >= 15 is 0 Å². The molecule has 2 aromatic rings. The third-order valence-electron chi connectivity index (χ3n) is 3.03. The molecule has 104 valence electrons. The van der Waals surface area contributed by atoms with Crippen LogP contribution < -0.4 is 0 Å². The summed E-state index contributed by atoms with van der Waals surface area (Å²) in [5, 5.41) is 10.7. The van der Waals surface area contributed by atoms with Crippen molar-refractivity contribution in [1.82, 2.24) is 0 Å². The largest absolute Gasteiger partial charge is 0.478 e. The van der Waals surface area contributed by atoms with Crippen molar-refractivity contribution in [2.45, 2.75) is 24.5 Å². The number of rotatable bonds is 5. The van der Waals surface area contributed by atoms with Crippen LogP contribution in [0, 0.1) is 13.8 Å². The monoisotopic (exact) mass is 304 g/mol. The second kappa shape index (κ2) is 6.77. The van der Waals surface area contributed by atoms with Crippen LogP contribution >= 0.6 is 23.1 Å². The molecule has 0 atom stereocenters. The molecule has 0 fully saturated rings. The lowest BCUT2D eigenvalue weighted by Crippen LogP contribution is -1.86. The molecule has 0 amide bonds. The van der Waals surface area contributed by atoms with Gasteiger partial charge in [-0.2, -0.15) is 0 Å². The van der Waals surface area contributed by atoms with E-state index in [0.717, 1.165) is 11.3 Å². The van der Waals surface area contributed by atoms with Gasteiger partial charge in [0.15, 0.2) is 0 Å². The highest BCUT2D eigenvalue weighted by molar-refractivity contribution is 7.98. The van der Waals surface area contributed by atoms with Crippen molar-refractivity contribution < 1.29 is 9.90 Å². The average molecular weight is 304 g/mol. The second-order valence-corrected chi connectivity index (χ2v) is 6.55. The lowest BCUT2D eigenvalue weighted by molar-refractivity contribution is -0.131. The number of aryl methyl sites for hydroxylation is 2. The summed E-state index contributed by atoms with van der Waals surface area (Å²) in [6.07, 6.45) is 2.85. The van der Waals surface area contributed by atoms with Gasteiger partial charge in [0.2, 0.25) is 0 Å². The second-order valence-electron chi connectivity index (χ2n) is 4.51. The highest BCUT2D eigenvalue weighted by Gasteiger charge is 2.04. The van der Waals surface area contributed by atoms with E-state index in [0.29, 0.717) is 0 Å². The Labute approximate surface area is 127 Å². The standard InChI is InChI=1S/C16H16O2S2/c1-11-3-5-14(9-12(11)2)20-10-15-13(7-8-19-15)4-6-16(17)18/h3-9H,10H2,1-2H3,(H,17,18). The zero-order valence-corrected chi connectivity index (χ0v) is 13.1. The number of carbonyl (C=O) groups is 1. The van der Waals surface area contributed by atoms with Crippen LogP contribution in [0.4, 0.5) is 0 Å². The maximum Gasteiger partial charge on any atom is 0.328 e. The van der Waals surface area contributed by atoms with Gasteiger partial charge >= 0.3 is 5.97 Å². The van der Waals surface area contributed by atoms with Crippen LogP contribution in [0.2, 0.25) is 0 Å². The molecule has 0 aliphatic heterocycles. The number of thiophene rings is 1. The first kappa shape index (κ1) is 14.9. The first-order valence-corrected chi connectivity index (χ1v) is 8.10. The van der Waals surface area contributed by atoms with E-state index in [9.17, 15) is 4.79 Å². The van der Waals surface area contributed by atoms with E-state index in [1.807, 2.05) is 11.4 Å². The number of carboxylic acids is 1. The Morgan fingerprint density at radius 1 is 1.30 bits per heavy atom. The molecular weight excluding hydrogens is 288 g/mol. The molecule has 1 heterocycles. The molecule has 0 saturated carbocycles. The lowest BCUT2D eigenvalue weighted by atomic mass is 10.1. The highest BCUT2D eigenvalue weighted by atomic mass is 32.2. The Hall–Kier alpha value is -1.52. The maximum absolute atomic E-state index is 10.6. The minimum absolute atomic E-state index is 0.861. The van der Waals surface area contributed by atoms with Crippen LogP contribution in [0.1, 0.15) is 21.6 Å². The first-order valence-electron chi connectivity index (χ1n) is 6.23. The molecule has 0 spiro atoms. The molecule has 2 rings (SSSR count). The van der Waals surface area contributed by atoms with Crippen molar-refractivity contribution in [3.8, 4) is 0 Å². The van der Waals surface area contributed by atoms with Gasteiger partial charge in [0.1, 0.15) is 0 Å². The quantitative estimate of drug-likeness (QED) is 0.639. The topological polar surface area (TPSA) is 37.3 Å². The summed E-state index contributed by atoms with van der Waals surface area (Å²) < 4.78 is 0. The van der Waals surface area contributed by atoms with Gasteiger partial charge in [0.25, 0.3) is 0 Å². The van der Waals surface area contributed by atoms with E-state index in [-0.39, 0.29) is 0 Å². The van der Waals surface area contributed by atoms with Crippen LogP contribution in [0.15, 0.2) is 40.6 Å². The first-order chi connectivity index (χ1) is 9.56. The van der Waals surface area contributed by atoms with Gasteiger partial charge in [0, 0.05) is 21.6 Å². The summed E-state index contributed by atoms with van der Waals surface area (Å²) in [5.41, 5.74) is 3.59. The van der Waals surface area contributed by atoms with Gasteiger partial charge in [-0.3, -0.25) is 0 Å². The van der Waals surface area contributed by atoms with Crippen LogP contribution in [0.5, 0.6) is 0 Å². The number of thioether (sulfide) groups is 1. The van der Waals surface area contributed by atoms with E-state index < -0.39 is 5.97 Å². The molecule has 1 N–H and O–H groups in total. The summed E-state index contributed by atoms with van der Waals surface area (Å²) in [4.78, 5) is 13.0. The number of aliphatic carboxylic acids is 1. The summed E-state index contributed by atoms with van der Waals surface area (Å²) in [5.74, 6) is -0.0524. The molecule has 0 unspecified atom stereocenters. The lowest BCUT2D eigenvalue weighted by Gasteiger charge is -2.05. The third kappa shape index (κ3) is 3.99. The summed E-state index contributed by atoms with van der Waals surface area (Å²) in [6, 6.07) is 8.42. The van der Waals surface area contributed by atoms with Crippen molar-refractivity contribution in [3.05, 3.63) is 57.3 Å². The van der Waals surface area contributed by atoms with E-state index in [2.05, 4.69) is 32.0 Å². The Bertz CT molecular complexity index is 642. The SMILES string of the molecule is Cc1ccc(SCc2sccc2C=CC(=O)O)cc1C. The van der Waals surface area contributed by atoms with Gasteiger partial charge in [0.05, 0.1) is 0 Å². The summed E-state index contributed by atoms with van der Waals surface area (Å²) in [7, 11) is 0. The zero-order valence-electron chi connectivity index (χ0n) is 11.4. The molecule has 2 nitrogen and oxygen atoms in total. The van der Waals surface area contributed by atoms with Crippen molar-refractivity contribution in [3.63, 3.8) is 0 Å².